The Morgan fingerprint density at radius 2 is 2.24 bits per heavy atom. The Balaban J connectivity index is 1.91. The lowest BCUT2D eigenvalue weighted by atomic mass is 9.94. The first-order valence-corrected chi connectivity index (χ1v) is 6.33. The maximum absolute atomic E-state index is 11.0. The first-order valence-electron chi connectivity index (χ1n) is 6.33. The van der Waals surface area contributed by atoms with Crippen LogP contribution >= 0.6 is 0 Å². The molecule has 0 unspecified atom stereocenters. The van der Waals surface area contributed by atoms with E-state index in [-0.39, 0.29) is 5.97 Å². The van der Waals surface area contributed by atoms with E-state index in [1.807, 2.05) is 6.20 Å². The number of ether oxygens (including phenoxy) is 1. The van der Waals surface area contributed by atoms with E-state index in [1.54, 1.807) is 0 Å². The van der Waals surface area contributed by atoms with Crippen LogP contribution in [0.15, 0.2) is 12.3 Å². The summed E-state index contributed by atoms with van der Waals surface area (Å²) in [5, 5.41) is 0. The number of hydrogen-bond acceptors (Lipinski definition) is 3. The molecule has 2 rings (SSSR count). The van der Waals surface area contributed by atoms with E-state index in [2.05, 4.69) is 15.8 Å². The van der Waals surface area contributed by atoms with Crippen molar-refractivity contribution in [3.05, 3.63) is 29.1 Å². The maximum Gasteiger partial charge on any atom is 0.305 e. The highest BCUT2D eigenvalue weighted by Gasteiger charge is 2.10. The third kappa shape index (κ3) is 3.29. The fourth-order valence-electron chi connectivity index (χ4n) is 2.31. The fraction of sp³-hybridized carbons (Fsp3) is 0.571. The summed E-state index contributed by atoms with van der Waals surface area (Å²) in [6.07, 6.45) is 9.03. The minimum absolute atomic E-state index is 0.129. The molecular formula is C14H19NO2. The van der Waals surface area contributed by atoms with Gasteiger partial charge in [-0.1, -0.05) is 6.07 Å². The first-order chi connectivity index (χ1) is 8.29. The van der Waals surface area contributed by atoms with Gasteiger partial charge >= 0.3 is 5.97 Å². The van der Waals surface area contributed by atoms with Crippen LogP contribution in [0.1, 0.15) is 42.5 Å². The number of hydrogen-bond donors (Lipinski definition) is 0. The molecule has 0 fully saturated rings. The van der Waals surface area contributed by atoms with E-state index in [9.17, 15) is 4.79 Å². The molecule has 0 saturated heterocycles. The number of carbonyl (C=O) groups excluding carboxylic acids is 1. The van der Waals surface area contributed by atoms with Crippen molar-refractivity contribution in [3.63, 3.8) is 0 Å². The van der Waals surface area contributed by atoms with Crippen LogP contribution in [0.2, 0.25) is 0 Å². The number of esters is 1. The predicted molar refractivity (Wildman–Crippen MR) is 65.8 cm³/mol. The molecule has 0 spiro atoms. The molecule has 0 amide bonds. The summed E-state index contributed by atoms with van der Waals surface area (Å²) in [5.41, 5.74) is 3.93. The van der Waals surface area contributed by atoms with Gasteiger partial charge in [0.25, 0.3) is 0 Å². The zero-order chi connectivity index (χ0) is 12.1. The predicted octanol–water partition coefficient (Wildman–Crippen LogP) is 2.46. The Morgan fingerprint density at radius 1 is 1.41 bits per heavy atom. The monoisotopic (exact) mass is 233 g/mol. The van der Waals surface area contributed by atoms with Gasteiger partial charge in [0.05, 0.1) is 7.11 Å². The van der Waals surface area contributed by atoms with Crippen LogP contribution in [0, 0.1) is 0 Å². The number of carbonyl (C=O) groups is 1. The molecule has 0 bridgehead atoms. The van der Waals surface area contributed by atoms with Crippen LogP contribution < -0.4 is 0 Å². The van der Waals surface area contributed by atoms with Crippen LogP contribution in [-0.4, -0.2) is 18.1 Å². The third-order valence-electron chi connectivity index (χ3n) is 3.30. The molecule has 17 heavy (non-hydrogen) atoms. The van der Waals surface area contributed by atoms with Crippen LogP contribution in [-0.2, 0) is 28.8 Å². The van der Waals surface area contributed by atoms with Crippen molar-refractivity contribution in [2.24, 2.45) is 0 Å². The Morgan fingerprint density at radius 3 is 3.06 bits per heavy atom. The zero-order valence-corrected chi connectivity index (χ0v) is 10.4. The summed E-state index contributed by atoms with van der Waals surface area (Å²) in [4.78, 5) is 15.5. The van der Waals surface area contributed by atoms with Crippen molar-refractivity contribution >= 4 is 5.97 Å². The van der Waals surface area contributed by atoms with Crippen molar-refractivity contribution in [1.29, 1.82) is 0 Å². The van der Waals surface area contributed by atoms with Gasteiger partial charge < -0.3 is 4.74 Å². The molecule has 0 saturated carbocycles. The van der Waals surface area contributed by atoms with Gasteiger partial charge in [0.1, 0.15) is 0 Å². The number of aromatic nitrogens is 1. The zero-order valence-electron chi connectivity index (χ0n) is 10.4. The lowest BCUT2D eigenvalue weighted by Gasteiger charge is -2.15. The number of fused-ring (bicyclic) bond motifs is 1. The number of aryl methyl sites for hydroxylation is 3. The largest absolute Gasteiger partial charge is 0.469 e. The molecule has 0 atom stereocenters. The lowest BCUT2D eigenvalue weighted by Crippen LogP contribution is -2.06. The molecule has 1 aliphatic rings. The van der Waals surface area contributed by atoms with E-state index >= 15 is 0 Å². The summed E-state index contributed by atoms with van der Waals surface area (Å²) in [6, 6.07) is 2.26. The van der Waals surface area contributed by atoms with E-state index < -0.39 is 0 Å². The summed E-state index contributed by atoms with van der Waals surface area (Å²) < 4.78 is 4.62. The first kappa shape index (κ1) is 12.1. The molecule has 0 radical (unpaired) electrons. The molecule has 0 aromatic carbocycles. The summed E-state index contributed by atoms with van der Waals surface area (Å²) in [5.74, 6) is -0.129. The third-order valence-corrected chi connectivity index (χ3v) is 3.30. The van der Waals surface area contributed by atoms with E-state index in [4.69, 9.17) is 0 Å². The SMILES string of the molecule is COC(=O)CCCc1cnc2c(c1)CCCC2. The highest BCUT2D eigenvalue weighted by Crippen LogP contribution is 2.20. The van der Waals surface area contributed by atoms with Crippen molar-refractivity contribution in [1.82, 2.24) is 4.98 Å². The number of rotatable bonds is 4. The maximum atomic E-state index is 11.0. The standard InChI is InChI=1S/C14H19NO2/c1-17-14(16)8-4-5-11-9-12-6-2-3-7-13(12)15-10-11/h9-10H,2-8H2,1H3. The Hall–Kier alpha value is -1.38. The van der Waals surface area contributed by atoms with E-state index in [0.717, 1.165) is 25.7 Å². The van der Waals surface area contributed by atoms with Gasteiger partial charge in [-0.2, -0.15) is 0 Å². The number of nitrogens with zero attached hydrogens (tertiary/aromatic N) is 1. The molecule has 3 nitrogen and oxygen atoms in total. The van der Waals surface area contributed by atoms with Gasteiger partial charge in [0, 0.05) is 18.3 Å². The van der Waals surface area contributed by atoms with E-state index in [1.165, 1.54) is 36.8 Å². The molecule has 0 aliphatic heterocycles. The van der Waals surface area contributed by atoms with Crippen LogP contribution in [0.5, 0.6) is 0 Å². The molecule has 1 aliphatic carbocycles. The van der Waals surface area contributed by atoms with Crippen LogP contribution in [0.4, 0.5) is 0 Å². The quantitative estimate of drug-likeness (QED) is 0.750. The van der Waals surface area contributed by atoms with Crippen molar-refractivity contribution in [2.45, 2.75) is 44.9 Å². The van der Waals surface area contributed by atoms with Crippen molar-refractivity contribution in [2.75, 3.05) is 7.11 Å². The van der Waals surface area contributed by atoms with Crippen molar-refractivity contribution < 1.29 is 9.53 Å². The Bertz CT molecular complexity index is 401. The summed E-state index contributed by atoms with van der Waals surface area (Å²) in [7, 11) is 1.43. The highest BCUT2D eigenvalue weighted by molar-refractivity contribution is 5.69. The number of pyridine rings is 1. The Kier molecular flexibility index (Phi) is 4.13. The van der Waals surface area contributed by atoms with Gasteiger partial charge in [0.15, 0.2) is 0 Å². The van der Waals surface area contributed by atoms with Gasteiger partial charge in [0.2, 0.25) is 0 Å². The molecule has 0 N–H and O–H groups in total. The summed E-state index contributed by atoms with van der Waals surface area (Å²) in [6.45, 7) is 0. The fourth-order valence-corrected chi connectivity index (χ4v) is 2.31. The van der Waals surface area contributed by atoms with E-state index in [0.29, 0.717) is 6.42 Å². The second-order valence-electron chi connectivity index (χ2n) is 4.59. The van der Waals surface area contributed by atoms with Gasteiger partial charge in [-0.05, 0) is 49.7 Å². The normalized spacial score (nSPS) is 14.2. The van der Waals surface area contributed by atoms with Gasteiger partial charge in [-0.3, -0.25) is 9.78 Å². The molecule has 92 valence electrons. The number of methoxy groups -OCH3 is 1. The second kappa shape index (κ2) is 5.80. The average Bonchev–Trinajstić information content (AvgIpc) is 2.38. The highest BCUT2D eigenvalue weighted by atomic mass is 16.5. The topological polar surface area (TPSA) is 39.2 Å². The minimum atomic E-state index is -0.129. The molecule has 3 heteroatoms. The minimum Gasteiger partial charge on any atom is -0.469 e. The molecular weight excluding hydrogens is 214 g/mol. The average molecular weight is 233 g/mol. The molecule has 1 aromatic heterocycles. The lowest BCUT2D eigenvalue weighted by molar-refractivity contribution is -0.140. The molecule has 1 heterocycles. The molecule has 1 aromatic rings. The smallest absolute Gasteiger partial charge is 0.305 e. The summed E-state index contributed by atoms with van der Waals surface area (Å²) >= 11 is 0. The van der Waals surface area contributed by atoms with Crippen LogP contribution in [0.25, 0.3) is 0 Å². The Labute approximate surface area is 102 Å². The second-order valence-corrected chi connectivity index (χ2v) is 4.59. The van der Waals surface area contributed by atoms with Gasteiger partial charge in [-0.25, -0.2) is 0 Å². The van der Waals surface area contributed by atoms with Crippen molar-refractivity contribution in [3.8, 4) is 0 Å². The van der Waals surface area contributed by atoms with Crippen LogP contribution in [0.3, 0.4) is 0 Å². The van der Waals surface area contributed by atoms with Gasteiger partial charge in [-0.15, -0.1) is 0 Å².